The molecule has 0 spiro atoms. The number of anilines is 1. The third-order valence-corrected chi connectivity index (χ3v) is 7.71. The second-order valence-corrected chi connectivity index (χ2v) is 10.3. The number of benzene rings is 1. The summed E-state index contributed by atoms with van der Waals surface area (Å²) in [5, 5.41) is 12.8. The van der Waals surface area contributed by atoms with Gasteiger partial charge in [-0.3, -0.25) is 9.36 Å². The Kier molecular flexibility index (Phi) is 7.60. The van der Waals surface area contributed by atoms with E-state index in [0.29, 0.717) is 5.92 Å². The topological polar surface area (TPSA) is 72.3 Å². The van der Waals surface area contributed by atoms with Gasteiger partial charge in [0.25, 0.3) is 0 Å². The van der Waals surface area contributed by atoms with Crippen LogP contribution in [-0.2, 0) is 4.79 Å². The molecule has 3 unspecified atom stereocenters. The minimum Gasteiger partial charge on any atom is -0.495 e. The van der Waals surface area contributed by atoms with Crippen LogP contribution >= 0.6 is 11.8 Å². The summed E-state index contributed by atoms with van der Waals surface area (Å²) in [6.45, 7) is 6.13. The SMILES string of the molecule is COc1ccccc1-n1c(SC(C)C(=O)NC2CCCCC2C)nnc1N1CCCCC1. The Morgan fingerprint density at radius 1 is 1.12 bits per heavy atom. The van der Waals surface area contributed by atoms with Gasteiger partial charge in [-0.15, -0.1) is 10.2 Å². The molecule has 3 atom stereocenters. The largest absolute Gasteiger partial charge is 0.495 e. The molecule has 174 valence electrons. The molecule has 2 heterocycles. The standard InChI is InChI=1S/C24H35N5O2S/c1-17-11-5-6-12-19(17)25-22(30)18(2)32-24-27-26-23(28-15-9-4-10-16-28)29(24)20-13-7-8-14-21(20)31-3/h7-8,13-14,17-19H,4-6,9-12,15-16H2,1-3H3,(H,25,30). The smallest absolute Gasteiger partial charge is 0.233 e. The first-order valence-electron chi connectivity index (χ1n) is 11.9. The number of aromatic nitrogens is 3. The Bertz CT molecular complexity index is 912. The third kappa shape index (κ3) is 5.05. The van der Waals surface area contributed by atoms with Crippen LogP contribution in [0.25, 0.3) is 5.69 Å². The number of hydrogen-bond donors (Lipinski definition) is 1. The van der Waals surface area contributed by atoms with Gasteiger partial charge < -0.3 is 15.0 Å². The molecule has 1 N–H and O–H groups in total. The second kappa shape index (κ2) is 10.6. The minimum absolute atomic E-state index is 0.0721. The van der Waals surface area contributed by atoms with E-state index in [9.17, 15) is 4.79 Å². The maximum Gasteiger partial charge on any atom is 0.233 e. The number of carbonyl (C=O) groups is 1. The van der Waals surface area contributed by atoms with E-state index in [-0.39, 0.29) is 17.2 Å². The molecule has 32 heavy (non-hydrogen) atoms. The van der Waals surface area contributed by atoms with E-state index < -0.39 is 0 Å². The first-order chi connectivity index (χ1) is 15.6. The molecule has 0 bridgehead atoms. The highest BCUT2D eigenvalue weighted by Crippen LogP contribution is 2.34. The van der Waals surface area contributed by atoms with Gasteiger partial charge >= 0.3 is 0 Å². The maximum atomic E-state index is 13.0. The van der Waals surface area contributed by atoms with Crippen molar-refractivity contribution in [1.29, 1.82) is 0 Å². The van der Waals surface area contributed by atoms with Crippen LogP contribution in [0.15, 0.2) is 29.4 Å². The van der Waals surface area contributed by atoms with Crippen LogP contribution in [0.3, 0.4) is 0 Å². The van der Waals surface area contributed by atoms with Gasteiger partial charge in [0.05, 0.1) is 18.0 Å². The van der Waals surface area contributed by atoms with Crippen LogP contribution in [0, 0.1) is 5.92 Å². The van der Waals surface area contributed by atoms with Crippen LogP contribution in [-0.4, -0.2) is 52.2 Å². The number of carbonyl (C=O) groups excluding carboxylic acids is 1. The van der Waals surface area contributed by atoms with Gasteiger partial charge in [-0.2, -0.15) is 0 Å². The molecule has 1 saturated heterocycles. The van der Waals surface area contributed by atoms with Gasteiger partial charge in [0.1, 0.15) is 5.75 Å². The Hall–Kier alpha value is -2.22. The number of amides is 1. The highest BCUT2D eigenvalue weighted by Gasteiger charge is 2.28. The average Bonchev–Trinajstić information content (AvgIpc) is 3.24. The maximum absolute atomic E-state index is 13.0. The van der Waals surface area contributed by atoms with Gasteiger partial charge in [-0.25, -0.2) is 0 Å². The third-order valence-electron chi connectivity index (χ3n) is 6.67. The highest BCUT2D eigenvalue weighted by molar-refractivity contribution is 8.00. The summed E-state index contributed by atoms with van der Waals surface area (Å²) < 4.78 is 7.71. The fraction of sp³-hybridized carbons (Fsp3) is 0.625. The Balaban J connectivity index is 1.59. The van der Waals surface area contributed by atoms with E-state index in [1.165, 1.54) is 37.4 Å². The normalized spacial score (nSPS) is 22.4. The summed E-state index contributed by atoms with van der Waals surface area (Å²) in [6.07, 6.45) is 8.27. The molecule has 1 aromatic heterocycles. The molecule has 1 saturated carbocycles. The molecule has 1 amide bonds. The van der Waals surface area contributed by atoms with Crippen molar-refractivity contribution in [3.63, 3.8) is 0 Å². The zero-order valence-corrected chi connectivity index (χ0v) is 20.2. The molecule has 2 aromatic rings. The molecular formula is C24H35N5O2S. The molecule has 7 nitrogen and oxygen atoms in total. The Morgan fingerprint density at radius 3 is 2.62 bits per heavy atom. The summed E-state index contributed by atoms with van der Waals surface area (Å²) in [6, 6.07) is 8.20. The number of rotatable bonds is 7. The molecule has 1 aliphatic carbocycles. The van der Waals surface area contributed by atoms with Crippen LogP contribution in [0.5, 0.6) is 5.75 Å². The zero-order valence-electron chi connectivity index (χ0n) is 19.4. The second-order valence-electron chi connectivity index (χ2n) is 8.97. The number of piperidine rings is 1. The highest BCUT2D eigenvalue weighted by atomic mass is 32.2. The van der Waals surface area contributed by atoms with Crippen molar-refractivity contribution in [2.45, 2.75) is 75.2 Å². The van der Waals surface area contributed by atoms with Crippen molar-refractivity contribution in [3.05, 3.63) is 24.3 Å². The van der Waals surface area contributed by atoms with Crippen molar-refractivity contribution in [2.75, 3.05) is 25.1 Å². The fourth-order valence-corrected chi connectivity index (χ4v) is 5.57. The fourth-order valence-electron chi connectivity index (χ4n) is 4.71. The minimum atomic E-state index is -0.268. The van der Waals surface area contributed by atoms with Crippen molar-refractivity contribution < 1.29 is 9.53 Å². The van der Waals surface area contributed by atoms with Crippen LogP contribution < -0.4 is 15.0 Å². The van der Waals surface area contributed by atoms with Crippen LogP contribution in [0.4, 0.5) is 5.95 Å². The lowest BCUT2D eigenvalue weighted by Crippen LogP contribution is -2.44. The van der Waals surface area contributed by atoms with Crippen LogP contribution in [0.2, 0.25) is 0 Å². The molecule has 2 fully saturated rings. The molecular weight excluding hydrogens is 422 g/mol. The van der Waals surface area contributed by atoms with Crippen molar-refractivity contribution >= 4 is 23.6 Å². The summed E-state index contributed by atoms with van der Waals surface area (Å²) >= 11 is 1.46. The first-order valence-corrected chi connectivity index (χ1v) is 12.8. The summed E-state index contributed by atoms with van der Waals surface area (Å²) in [4.78, 5) is 15.3. The summed E-state index contributed by atoms with van der Waals surface area (Å²) in [5.41, 5.74) is 0.900. The monoisotopic (exact) mass is 457 g/mol. The number of thioether (sulfide) groups is 1. The number of methoxy groups -OCH3 is 1. The van der Waals surface area contributed by atoms with E-state index in [4.69, 9.17) is 4.74 Å². The van der Waals surface area contributed by atoms with E-state index >= 15 is 0 Å². The first kappa shape index (κ1) is 23.0. The predicted octanol–water partition coefficient (Wildman–Crippen LogP) is 4.44. The molecule has 4 rings (SSSR count). The van der Waals surface area contributed by atoms with Gasteiger partial charge in [0, 0.05) is 19.1 Å². The van der Waals surface area contributed by atoms with E-state index in [1.807, 2.05) is 31.2 Å². The lowest BCUT2D eigenvalue weighted by Gasteiger charge is -2.30. The van der Waals surface area contributed by atoms with Gasteiger partial charge in [0.15, 0.2) is 5.16 Å². The average molecular weight is 458 g/mol. The number of ether oxygens (including phenoxy) is 1. The lowest BCUT2D eigenvalue weighted by molar-refractivity contribution is -0.121. The van der Waals surface area contributed by atoms with Crippen molar-refractivity contribution in [3.8, 4) is 11.4 Å². The summed E-state index contributed by atoms with van der Waals surface area (Å²) in [5.74, 6) is 2.20. The molecule has 8 heteroatoms. The number of para-hydroxylation sites is 2. The molecule has 1 aliphatic heterocycles. The number of hydrogen-bond acceptors (Lipinski definition) is 6. The number of nitrogens with zero attached hydrogens (tertiary/aromatic N) is 4. The van der Waals surface area contributed by atoms with E-state index in [0.717, 1.165) is 54.9 Å². The molecule has 1 aromatic carbocycles. The predicted molar refractivity (Wildman–Crippen MR) is 129 cm³/mol. The zero-order chi connectivity index (χ0) is 22.5. The molecule has 2 aliphatic rings. The van der Waals surface area contributed by atoms with E-state index in [1.54, 1.807) is 7.11 Å². The van der Waals surface area contributed by atoms with E-state index in [2.05, 4.69) is 31.9 Å². The van der Waals surface area contributed by atoms with Gasteiger partial charge in [-0.1, -0.05) is 43.7 Å². The van der Waals surface area contributed by atoms with Crippen molar-refractivity contribution in [2.24, 2.45) is 5.92 Å². The Morgan fingerprint density at radius 2 is 1.88 bits per heavy atom. The Labute approximate surface area is 195 Å². The van der Waals surface area contributed by atoms with Crippen molar-refractivity contribution in [1.82, 2.24) is 20.1 Å². The van der Waals surface area contributed by atoms with Crippen LogP contribution in [0.1, 0.15) is 58.8 Å². The summed E-state index contributed by atoms with van der Waals surface area (Å²) in [7, 11) is 1.68. The molecule has 0 radical (unpaired) electrons. The quantitative estimate of drug-likeness (QED) is 0.620. The number of nitrogens with one attached hydrogen (secondary N) is 1. The van der Waals surface area contributed by atoms with Gasteiger partial charge in [0.2, 0.25) is 11.9 Å². The lowest BCUT2D eigenvalue weighted by atomic mass is 9.86. The van der Waals surface area contributed by atoms with Gasteiger partial charge in [-0.05, 0) is 57.1 Å².